The van der Waals surface area contributed by atoms with Crippen molar-refractivity contribution in [2.75, 3.05) is 86.0 Å². The van der Waals surface area contributed by atoms with Gasteiger partial charge in [0.2, 0.25) is 0 Å². The third-order valence-electron chi connectivity index (χ3n) is 9.10. The van der Waals surface area contributed by atoms with Gasteiger partial charge in [0.1, 0.15) is 5.56 Å². The van der Waals surface area contributed by atoms with Gasteiger partial charge in [0.05, 0.1) is 46.8 Å². The van der Waals surface area contributed by atoms with E-state index in [-0.39, 0.29) is 16.9 Å². The van der Waals surface area contributed by atoms with Crippen LogP contribution in [0.3, 0.4) is 0 Å². The van der Waals surface area contributed by atoms with Gasteiger partial charge in [-0.3, -0.25) is 19.1 Å². The van der Waals surface area contributed by atoms with E-state index in [1.165, 1.54) is 25.4 Å². The number of phenols is 1. The van der Waals surface area contributed by atoms with Crippen molar-refractivity contribution in [3.05, 3.63) is 90.1 Å². The number of carbonyl (C=O) groups is 3. The number of carboxylic acid groups (broad SMARTS) is 1. The van der Waals surface area contributed by atoms with Gasteiger partial charge in [-0.1, -0.05) is 15.9 Å². The number of ether oxygens (including phenoxy) is 8. The molecule has 4 aromatic rings. The quantitative estimate of drug-likeness (QED) is 0.0514. The molecule has 0 saturated carbocycles. The molecule has 2 N–H and O–H groups in total. The number of methoxy groups -OCH3 is 6. The minimum absolute atomic E-state index is 0.0391. The van der Waals surface area contributed by atoms with Crippen molar-refractivity contribution in [1.29, 1.82) is 0 Å². The fourth-order valence-corrected chi connectivity index (χ4v) is 6.88. The van der Waals surface area contributed by atoms with Crippen LogP contribution >= 0.6 is 47.8 Å². The Kier molecular flexibility index (Phi) is 25.3. The summed E-state index contributed by atoms with van der Waals surface area (Å²) in [7, 11) is 9.57. The highest BCUT2D eigenvalue weighted by Crippen LogP contribution is 2.40. The number of nitrogens with zero attached hydrogens (tertiary/aromatic N) is 2. The first-order valence-corrected chi connectivity index (χ1v) is 22.8. The van der Waals surface area contributed by atoms with E-state index in [0.29, 0.717) is 93.8 Å². The molecule has 0 aliphatic carbocycles. The fraction of sp³-hybridized carbons (Fsp3) is 0.435. The van der Waals surface area contributed by atoms with Crippen molar-refractivity contribution >= 4 is 66.3 Å². The Labute approximate surface area is 405 Å². The third-order valence-corrected chi connectivity index (χ3v) is 11.0. The number of carbonyl (C=O) groups excluding carboxylic acids is 2. The maximum absolute atomic E-state index is 12.4. The number of carboxylic acids is 1. The van der Waals surface area contributed by atoms with E-state index in [4.69, 9.17) is 37.9 Å². The van der Waals surface area contributed by atoms with E-state index >= 15 is 0 Å². The largest absolute Gasteiger partial charge is 0.504 e. The van der Waals surface area contributed by atoms with Gasteiger partial charge < -0.3 is 53.1 Å². The number of aromatic carboxylic acids is 1. The number of benzene rings is 3. The molecule has 0 saturated heterocycles. The van der Waals surface area contributed by atoms with E-state index in [9.17, 15) is 29.4 Å². The van der Waals surface area contributed by atoms with Gasteiger partial charge in [0.25, 0.3) is 0 Å². The number of aromatic nitrogens is 1. The average molecular weight is 1100 g/mol. The van der Waals surface area contributed by atoms with Crippen LogP contribution in [-0.2, 0) is 20.8 Å². The van der Waals surface area contributed by atoms with E-state index in [1.54, 1.807) is 58.4 Å². The predicted molar refractivity (Wildman–Crippen MR) is 259 cm³/mol. The lowest BCUT2D eigenvalue weighted by Gasteiger charge is -2.43. The van der Waals surface area contributed by atoms with Crippen LogP contribution in [0.2, 0.25) is 0 Å². The number of phenolic OH excluding ortho intramolecular Hbond substituents is 1. The van der Waals surface area contributed by atoms with Gasteiger partial charge in [-0.2, -0.15) is 0 Å². The summed E-state index contributed by atoms with van der Waals surface area (Å²) in [6.07, 6.45) is 5.47. The Morgan fingerprint density at radius 1 is 0.692 bits per heavy atom. The summed E-state index contributed by atoms with van der Waals surface area (Å²) in [5, 5.41) is 21.7. The lowest BCUT2D eigenvalue weighted by atomic mass is 9.97. The second-order valence-corrected chi connectivity index (χ2v) is 17.2. The number of rotatable bonds is 19. The molecule has 2 heterocycles. The lowest BCUT2D eigenvalue weighted by Crippen LogP contribution is -2.51. The zero-order valence-corrected chi connectivity index (χ0v) is 42.9. The molecule has 1 aliphatic heterocycles. The predicted octanol–water partition coefficient (Wildman–Crippen LogP) is 8.97. The lowest BCUT2D eigenvalue weighted by molar-refractivity contribution is 0.0693. The molecule has 16 nitrogen and oxygen atoms in total. The number of halogens is 3. The fourth-order valence-electron chi connectivity index (χ4n) is 5.82. The zero-order chi connectivity index (χ0) is 48.7. The van der Waals surface area contributed by atoms with E-state index in [0.717, 1.165) is 48.6 Å². The van der Waals surface area contributed by atoms with Crippen molar-refractivity contribution in [1.82, 2.24) is 4.68 Å². The molecular weight excluding hydrogens is 1040 g/mol. The van der Waals surface area contributed by atoms with Crippen LogP contribution in [0.4, 0.5) is 0 Å². The highest BCUT2D eigenvalue weighted by atomic mass is 79.9. The van der Waals surface area contributed by atoms with Crippen molar-refractivity contribution in [3.8, 4) is 45.8 Å². The Morgan fingerprint density at radius 3 is 1.65 bits per heavy atom. The molecule has 358 valence electrons. The van der Waals surface area contributed by atoms with E-state index in [1.807, 2.05) is 37.9 Å². The third kappa shape index (κ3) is 17.3. The monoisotopic (exact) mass is 1100 g/mol. The average Bonchev–Trinajstić information content (AvgIpc) is 3.28. The molecule has 65 heavy (non-hydrogen) atoms. The maximum atomic E-state index is 12.4. The SMILES string of the molecule is COCCCBr.COCCCOc1cc(C=O)c(Br)cc1OC.COCCCOc1cc2c(cc1OC)-c1cc(=O)c(C(=O)O)cn1N(C(C)(C)C)C2.COc1cc(Br)c(C=O)cc1O. The number of hydrogen-bond acceptors (Lipinski definition) is 14. The molecular formula is C46H59Br3N2O14. The summed E-state index contributed by atoms with van der Waals surface area (Å²) < 4.78 is 44.8. The number of pyridine rings is 1. The van der Waals surface area contributed by atoms with Crippen molar-refractivity contribution in [3.63, 3.8) is 0 Å². The molecule has 0 radical (unpaired) electrons. The first-order chi connectivity index (χ1) is 31.0. The van der Waals surface area contributed by atoms with Crippen molar-refractivity contribution in [2.45, 2.75) is 52.1 Å². The first kappa shape index (κ1) is 56.5. The van der Waals surface area contributed by atoms with Crippen LogP contribution in [0.5, 0.6) is 34.5 Å². The van der Waals surface area contributed by atoms with Crippen molar-refractivity contribution < 1.29 is 62.5 Å². The molecule has 1 aliphatic rings. The summed E-state index contributed by atoms with van der Waals surface area (Å²) in [5.74, 6) is 1.40. The molecule has 5 rings (SSSR count). The molecule has 1 aromatic heterocycles. The summed E-state index contributed by atoms with van der Waals surface area (Å²) in [6.45, 7) is 9.74. The summed E-state index contributed by atoms with van der Waals surface area (Å²) in [6, 6.07) is 11.4. The normalized spacial score (nSPS) is 11.2. The highest BCUT2D eigenvalue weighted by molar-refractivity contribution is 9.11. The van der Waals surface area contributed by atoms with Crippen LogP contribution in [-0.4, -0.2) is 120 Å². The van der Waals surface area contributed by atoms with Gasteiger partial charge in [0, 0.05) is 103 Å². The number of aldehydes is 2. The van der Waals surface area contributed by atoms with E-state index < -0.39 is 11.4 Å². The summed E-state index contributed by atoms with van der Waals surface area (Å²) in [5.41, 5.74) is 2.21. The van der Waals surface area contributed by atoms with Crippen LogP contribution in [0.15, 0.2) is 62.4 Å². The smallest absolute Gasteiger partial charge is 0.341 e. The van der Waals surface area contributed by atoms with Crippen molar-refractivity contribution in [2.24, 2.45) is 0 Å². The van der Waals surface area contributed by atoms with Gasteiger partial charge >= 0.3 is 5.97 Å². The number of aromatic hydroxyl groups is 1. The second-order valence-electron chi connectivity index (χ2n) is 14.7. The molecule has 0 unspecified atom stereocenters. The first-order valence-electron chi connectivity index (χ1n) is 20.1. The molecule has 0 fully saturated rings. The topological polar surface area (TPSA) is 191 Å². The minimum atomic E-state index is -1.24. The van der Waals surface area contributed by atoms with E-state index in [2.05, 4.69) is 47.8 Å². The van der Waals surface area contributed by atoms with Crippen LogP contribution in [0.25, 0.3) is 11.3 Å². The van der Waals surface area contributed by atoms with Gasteiger partial charge in [-0.25, -0.2) is 4.79 Å². The van der Waals surface area contributed by atoms with Crippen LogP contribution in [0.1, 0.15) is 76.7 Å². The molecule has 0 amide bonds. The molecule has 0 atom stereocenters. The number of hydrogen-bond donors (Lipinski definition) is 2. The zero-order valence-electron chi connectivity index (χ0n) is 38.2. The standard InChI is InChI=1S/C22H28N2O6.C12H15BrO4.C8H7BrO3.C4H9BrO/c1-22(2,3)24-12-14-9-20(30-8-6-7-28-4)19(29-5)10-15(14)17-11-18(25)16(21(26)27)13-23(17)24;1-15-4-3-5-17-12-6-9(8-14)10(13)7-11(12)16-2;1-12-8-3-6(9)5(4-10)2-7(8)11;1-6-4-2-3-5/h9-11,13H,6-8,12H2,1-5H3,(H,26,27);6-8H,3-5H2,1-2H3;2-4,11H,1H3;2-4H2,1H3. The van der Waals surface area contributed by atoms with Crippen LogP contribution < -0.4 is 34.1 Å². The van der Waals surface area contributed by atoms with Gasteiger partial charge in [0.15, 0.2) is 52.5 Å². The Bertz CT molecular complexity index is 2210. The van der Waals surface area contributed by atoms with Gasteiger partial charge in [-0.15, -0.1) is 0 Å². The Morgan fingerprint density at radius 2 is 1.18 bits per heavy atom. The second kappa shape index (κ2) is 29.1. The minimum Gasteiger partial charge on any atom is -0.504 e. The molecule has 3 aromatic carbocycles. The molecule has 0 spiro atoms. The summed E-state index contributed by atoms with van der Waals surface area (Å²) >= 11 is 9.72. The number of fused-ring (bicyclic) bond motifs is 3. The van der Waals surface area contributed by atoms with Crippen LogP contribution in [0, 0.1) is 0 Å². The Hall–Kier alpha value is -4.66. The van der Waals surface area contributed by atoms with Gasteiger partial charge in [-0.05, 0) is 101 Å². The molecule has 19 heteroatoms. The number of alkyl halides is 1. The highest BCUT2D eigenvalue weighted by Gasteiger charge is 2.31. The maximum Gasteiger partial charge on any atom is 0.341 e. The summed E-state index contributed by atoms with van der Waals surface area (Å²) in [4.78, 5) is 45.2. The Balaban J connectivity index is 0.000000348. The molecule has 0 bridgehead atoms.